The van der Waals surface area contributed by atoms with Crippen molar-refractivity contribution in [2.24, 2.45) is 0 Å². The molecule has 0 saturated heterocycles. The topological polar surface area (TPSA) is 32.3 Å². The third kappa shape index (κ3) is 4.65. The van der Waals surface area contributed by atoms with Gasteiger partial charge in [-0.15, -0.1) is 0 Å². The molecule has 3 aromatic carbocycles. The van der Waals surface area contributed by atoms with Crippen LogP contribution < -0.4 is 10.2 Å². The third-order valence-electron chi connectivity index (χ3n) is 4.58. The summed E-state index contributed by atoms with van der Waals surface area (Å²) in [6.45, 7) is 1.51. The second-order valence-electron chi connectivity index (χ2n) is 6.79. The molecule has 0 aliphatic heterocycles. The van der Waals surface area contributed by atoms with E-state index < -0.39 is 40.7 Å². The Morgan fingerprint density at radius 3 is 2.06 bits per heavy atom. The maximum atomic E-state index is 14.7. The zero-order valence-electron chi connectivity index (χ0n) is 16.3. The van der Waals surface area contributed by atoms with Crippen molar-refractivity contribution < 1.29 is 31.1 Å². The van der Waals surface area contributed by atoms with Crippen LogP contribution in [0.5, 0.6) is 0 Å². The van der Waals surface area contributed by atoms with E-state index in [0.717, 1.165) is 41.3 Å². The second kappa shape index (κ2) is 8.33. The molecular formula is C22H16F6N2O. The van der Waals surface area contributed by atoms with Crippen LogP contribution in [0.3, 0.4) is 0 Å². The Kier molecular flexibility index (Phi) is 5.97. The molecule has 162 valence electrons. The maximum absolute atomic E-state index is 14.7. The van der Waals surface area contributed by atoms with Crippen LogP contribution in [0.4, 0.5) is 43.4 Å². The maximum Gasteiger partial charge on any atom is 0.418 e. The van der Waals surface area contributed by atoms with E-state index >= 15 is 0 Å². The number of benzene rings is 3. The summed E-state index contributed by atoms with van der Waals surface area (Å²) in [5, 5.41) is 2.17. The van der Waals surface area contributed by atoms with Gasteiger partial charge in [-0.3, -0.25) is 4.79 Å². The van der Waals surface area contributed by atoms with Crippen LogP contribution in [-0.2, 0) is 6.18 Å². The molecule has 3 aromatic rings. The Labute approximate surface area is 173 Å². The molecule has 0 spiro atoms. The fraction of sp³-hybridized carbons (Fsp3) is 0.136. The first-order chi connectivity index (χ1) is 14.5. The van der Waals surface area contributed by atoms with Crippen LogP contribution in [0.2, 0.25) is 0 Å². The number of halogens is 6. The summed E-state index contributed by atoms with van der Waals surface area (Å²) in [5.41, 5.74) is -1.95. The lowest BCUT2D eigenvalue weighted by atomic mass is 10.1. The summed E-state index contributed by atoms with van der Waals surface area (Å²) in [7, 11) is 1.27. The van der Waals surface area contributed by atoms with Crippen molar-refractivity contribution in [3.8, 4) is 0 Å². The Hall–Kier alpha value is -3.49. The number of alkyl halides is 3. The van der Waals surface area contributed by atoms with Gasteiger partial charge in [0.1, 0.15) is 23.0 Å². The van der Waals surface area contributed by atoms with Crippen LogP contribution in [0.1, 0.15) is 21.5 Å². The van der Waals surface area contributed by atoms with E-state index in [1.54, 1.807) is 0 Å². The lowest BCUT2D eigenvalue weighted by molar-refractivity contribution is -0.137. The zero-order valence-corrected chi connectivity index (χ0v) is 16.3. The number of hydrogen-bond donors (Lipinski definition) is 1. The van der Waals surface area contributed by atoms with E-state index in [-0.39, 0.29) is 17.1 Å². The molecule has 0 aliphatic rings. The third-order valence-corrected chi connectivity index (χ3v) is 4.58. The smallest absolute Gasteiger partial charge is 0.342 e. The first-order valence-electron chi connectivity index (χ1n) is 8.95. The minimum Gasteiger partial charge on any atom is -0.342 e. The van der Waals surface area contributed by atoms with E-state index in [0.29, 0.717) is 5.56 Å². The number of rotatable bonds is 4. The number of nitrogens with zero attached hydrogens (tertiary/aromatic N) is 1. The van der Waals surface area contributed by atoms with E-state index in [2.05, 4.69) is 5.32 Å². The van der Waals surface area contributed by atoms with Gasteiger partial charge in [-0.1, -0.05) is 17.7 Å². The quantitative estimate of drug-likeness (QED) is 0.475. The van der Waals surface area contributed by atoms with E-state index in [9.17, 15) is 31.1 Å². The van der Waals surface area contributed by atoms with E-state index in [1.165, 1.54) is 32.2 Å². The van der Waals surface area contributed by atoms with Gasteiger partial charge in [0.25, 0.3) is 5.91 Å². The number of carbonyl (C=O) groups is 1. The summed E-state index contributed by atoms with van der Waals surface area (Å²) in [4.78, 5) is 13.2. The molecule has 3 rings (SSSR count). The standard InChI is InChI=1S/C22H16F6N2O/c1-12-6-8-18(14(10-12)22(26,27)28)30(2)19-9-7-13(11-17(19)25)29-21(31)20-15(23)4-3-5-16(20)24/h3-11H,1-2H3,(H,29,31). The monoisotopic (exact) mass is 438 g/mol. The van der Waals surface area contributed by atoms with Crippen molar-refractivity contribution in [3.05, 3.63) is 88.7 Å². The summed E-state index contributed by atoms with van der Waals surface area (Å²) >= 11 is 0. The molecule has 0 aromatic heterocycles. The molecule has 0 saturated carbocycles. The summed E-state index contributed by atoms with van der Waals surface area (Å²) in [6.07, 6.45) is -4.65. The minimum atomic E-state index is -4.65. The first kappa shape index (κ1) is 22.2. The highest BCUT2D eigenvalue weighted by atomic mass is 19.4. The Morgan fingerprint density at radius 2 is 1.48 bits per heavy atom. The molecule has 0 aliphatic carbocycles. The number of hydrogen-bond acceptors (Lipinski definition) is 2. The molecule has 1 amide bonds. The predicted molar refractivity (Wildman–Crippen MR) is 105 cm³/mol. The lowest BCUT2D eigenvalue weighted by Gasteiger charge is -2.24. The highest BCUT2D eigenvalue weighted by Crippen LogP contribution is 2.39. The number of nitrogens with one attached hydrogen (secondary N) is 1. The molecule has 3 nitrogen and oxygen atoms in total. The molecule has 31 heavy (non-hydrogen) atoms. The van der Waals surface area contributed by atoms with Crippen molar-refractivity contribution in [2.45, 2.75) is 13.1 Å². The largest absolute Gasteiger partial charge is 0.418 e. The van der Waals surface area contributed by atoms with Crippen LogP contribution in [-0.4, -0.2) is 13.0 Å². The van der Waals surface area contributed by atoms with Crippen LogP contribution >= 0.6 is 0 Å². The van der Waals surface area contributed by atoms with Gasteiger partial charge in [0.15, 0.2) is 0 Å². The van der Waals surface area contributed by atoms with Gasteiger partial charge >= 0.3 is 6.18 Å². The van der Waals surface area contributed by atoms with Gasteiger partial charge in [0, 0.05) is 12.7 Å². The Bertz CT molecular complexity index is 1120. The molecule has 9 heteroatoms. The second-order valence-corrected chi connectivity index (χ2v) is 6.79. The Morgan fingerprint density at radius 1 is 0.871 bits per heavy atom. The van der Waals surface area contributed by atoms with Crippen molar-refractivity contribution in [1.29, 1.82) is 0 Å². The van der Waals surface area contributed by atoms with E-state index in [1.807, 2.05) is 0 Å². The van der Waals surface area contributed by atoms with Gasteiger partial charge in [0.2, 0.25) is 0 Å². The number of aryl methyl sites for hydroxylation is 1. The van der Waals surface area contributed by atoms with Gasteiger partial charge < -0.3 is 10.2 Å². The fourth-order valence-corrected chi connectivity index (χ4v) is 3.06. The Balaban J connectivity index is 1.91. The van der Waals surface area contributed by atoms with Crippen molar-refractivity contribution in [3.63, 3.8) is 0 Å². The van der Waals surface area contributed by atoms with Crippen LogP contribution in [0.15, 0.2) is 54.6 Å². The lowest BCUT2D eigenvalue weighted by Crippen LogP contribution is -2.18. The van der Waals surface area contributed by atoms with Crippen LogP contribution in [0.25, 0.3) is 0 Å². The van der Waals surface area contributed by atoms with Crippen molar-refractivity contribution in [1.82, 2.24) is 0 Å². The molecule has 0 bridgehead atoms. The first-order valence-corrected chi connectivity index (χ1v) is 8.95. The van der Waals surface area contributed by atoms with E-state index in [4.69, 9.17) is 0 Å². The summed E-state index contributed by atoms with van der Waals surface area (Å²) in [5.74, 6) is -4.25. The summed E-state index contributed by atoms with van der Waals surface area (Å²) in [6, 6.07) is 9.77. The minimum absolute atomic E-state index is 0.123. The highest BCUT2D eigenvalue weighted by molar-refractivity contribution is 6.04. The zero-order chi connectivity index (χ0) is 22.9. The number of anilines is 3. The normalized spacial score (nSPS) is 11.4. The molecular weight excluding hydrogens is 422 g/mol. The molecule has 0 atom stereocenters. The fourth-order valence-electron chi connectivity index (χ4n) is 3.06. The number of carbonyl (C=O) groups excluding carboxylic acids is 1. The molecule has 0 heterocycles. The van der Waals surface area contributed by atoms with Gasteiger partial charge in [-0.2, -0.15) is 13.2 Å². The predicted octanol–water partition coefficient (Wildman–Crippen LogP) is 6.45. The average Bonchev–Trinajstić information content (AvgIpc) is 2.66. The molecule has 1 N–H and O–H groups in total. The van der Waals surface area contributed by atoms with Gasteiger partial charge in [-0.05, 0) is 49.4 Å². The van der Waals surface area contributed by atoms with Crippen molar-refractivity contribution >= 4 is 23.0 Å². The van der Waals surface area contributed by atoms with Gasteiger partial charge in [0.05, 0.1) is 16.9 Å². The average molecular weight is 438 g/mol. The van der Waals surface area contributed by atoms with Gasteiger partial charge in [-0.25, -0.2) is 13.2 Å². The summed E-state index contributed by atoms with van der Waals surface area (Å²) < 4.78 is 82.4. The number of amides is 1. The molecule has 0 fully saturated rings. The SMILES string of the molecule is Cc1ccc(N(C)c2ccc(NC(=O)c3c(F)cccc3F)cc2F)c(C(F)(F)F)c1. The van der Waals surface area contributed by atoms with Crippen LogP contribution in [0, 0.1) is 24.4 Å². The van der Waals surface area contributed by atoms with Crippen molar-refractivity contribution in [2.75, 3.05) is 17.3 Å². The highest BCUT2D eigenvalue weighted by Gasteiger charge is 2.35. The molecule has 0 radical (unpaired) electrons. The molecule has 0 unspecified atom stereocenters.